The van der Waals surface area contributed by atoms with E-state index in [1.807, 2.05) is 0 Å². The van der Waals surface area contributed by atoms with Gasteiger partial charge in [0.05, 0.1) is 0 Å². The van der Waals surface area contributed by atoms with Crippen LogP contribution in [-0.2, 0) is 6.54 Å². The Hall–Kier alpha value is -1.62. The largest absolute Gasteiger partial charge is 0.858 e. The van der Waals surface area contributed by atoms with E-state index >= 15 is 0 Å². The number of hydrogen-bond donors (Lipinski definition) is 0. The van der Waals surface area contributed by atoms with Crippen molar-refractivity contribution in [2.24, 2.45) is 4.99 Å². The van der Waals surface area contributed by atoms with Crippen LogP contribution in [0.4, 0.5) is 0 Å². The van der Waals surface area contributed by atoms with Gasteiger partial charge >= 0.3 is 0 Å². The lowest BCUT2D eigenvalue weighted by atomic mass is 10.1. The molecule has 0 N–H and O–H groups in total. The van der Waals surface area contributed by atoms with Gasteiger partial charge < -0.3 is 10.0 Å². The van der Waals surface area contributed by atoms with Gasteiger partial charge in [0.25, 0.3) is 5.91 Å². The molecule has 1 amide bonds. The van der Waals surface area contributed by atoms with E-state index in [0.29, 0.717) is 12.1 Å². The van der Waals surface area contributed by atoms with Crippen LogP contribution in [0.25, 0.3) is 0 Å². The van der Waals surface area contributed by atoms with Crippen molar-refractivity contribution in [2.45, 2.75) is 64.8 Å². The zero-order chi connectivity index (χ0) is 18.5. The summed E-state index contributed by atoms with van der Waals surface area (Å²) in [5.41, 5.74) is 0.573. The number of pyridine rings is 1. The van der Waals surface area contributed by atoms with Crippen LogP contribution in [0.5, 0.6) is 0 Å². The van der Waals surface area contributed by atoms with E-state index in [9.17, 15) is 9.90 Å². The van der Waals surface area contributed by atoms with Crippen LogP contribution in [0.2, 0.25) is 0 Å². The van der Waals surface area contributed by atoms with Crippen molar-refractivity contribution in [1.29, 1.82) is 0 Å². The van der Waals surface area contributed by atoms with Gasteiger partial charge in [0.15, 0.2) is 18.9 Å². The predicted molar refractivity (Wildman–Crippen MR) is 107 cm³/mol. The number of rotatable bonds is 12. The highest BCUT2D eigenvalue weighted by Crippen LogP contribution is 2.08. The maximum atomic E-state index is 12.0. The molecule has 5 nitrogen and oxygen atoms in total. The second-order valence-corrected chi connectivity index (χ2v) is 6.71. The second kappa shape index (κ2) is 14.5. The minimum Gasteiger partial charge on any atom is -0.858 e. The molecule has 0 aliphatic rings. The Kier molecular flexibility index (Phi) is 13.6. The fraction of sp³-hybridized carbons (Fsp3) is 0.650. The van der Waals surface area contributed by atoms with Crippen LogP contribution in [0.1, 0.15) is 68.6 Å². The number of nitrogens with zero attached hydrogens (tertiary/aromatic N) is 3. The molecule has 0 spiro atoms. The average molecular weight is 384 g/mol. The van der Waals surface area contributed by atoms with Crippen LogP contribution in [0, 0.1) is 0 Å². The summed E-state index contributed by atoms with van der Waals surface area (Å²) in [6.45, 7) is 3.02. The zero-order valence-corrected chi connectivity index (χ0v) is 17.3. The molecule has 1 rings (SSSR count). The fourth-order valence-electron chi connectivity index (χ4n) is 2.66. The first-order chi connectivity index (χ1) is 12.0. The number of carbonyl (C=O) groups is 1. The SMILES string of the molecule is CCCCCCCCCCN=C([O-])C[n+]1cccc(C(=O)N(C)C)c1.Cl. The second-order valence-electron chi connectivity index (χ2n) is 6.71. The quantitative estimate of drug-likeness (QED) is 0.241. The van der Waals surface area contributed by atoms with Crippen LogP contribution in [0.15, 0.2) is 29.5 Å². The Balaban J connectivity index is 0.00000625. The Bertz CT molecular complexity index is 548. The molecule has 1 aromatic rings. The summed E-state index contributed by atoms with van der Waals surface area (Å²) in [6, 6.07) is 3.53. The Morgan fingerprint density at radius 3 is 2.35 bits per heavy atom. The van der Waals surface area contributed by atoms with Gasteiger partial charge in [-0.2, -0.15) is 4.57 Å². The monoisotopic (exact) mass is 383 g/mol. The molecule has 0 aliphatic heterocycles. The molecule has 0 fully saturated rings. The number of amides is 1. The number of halogens is 1. The molecule has 0 unspecified atom stereocenters. The fourth-order valence-corrected chi connectivity index (χ4v) is 2.66. The van der Waals surface area contributed by atoms with Crippen molar-refractivity contribution in [3.05, 3.63) is 30.1 Å². The summed E-state index contributed by atoms with van der Waals surface area (Å²) < 4.78 is 1.72. The van der Waals surface area contributed by atoms with E-state index in [1.165, 1.54) is 43.4 Å². The molecule has 0 saturated heterocycles. The van der Waals surface area contributed by atoms with Gasteiger partial charge in [0.1, 0.15) is 5.56 Å². The van der Waals surface area contributed by atoms with Crippen molar-refractivity contribution >= 4 is 24.2 Å². The molecule has 6 heteroatoms. The van der Waals surface area contributed by atoms with Crippen molar-refractivity contribution in [2.75, 3.05) is 20.6 Å². The molecule has 0 saturated carbocycles. The van der Waals surface area contributed by atoms with Gasteiger partial charge in [0.2, 0.25) is 0 Å². The topological polar surface area (TPSA) is 59.6 Å². The van der Waals surface area contributed by atoms with Gasteiger partial charge in [-0.05, 0) is 12.5 Å². The van der Waals surface area contributed by atoms with E-state index in [-0.39, 0.29) is 30.8 Å². The molecule has 0 radical (unpaired) electrons. The number of aliphatic imine (C=N–C) groups is 1. The van der Waals surface area contributed by atoms with Gasteiger partial charge in [-0.1, -0.05) is 51.9 Å². The van der Waals surface area contributed by atoms with Crippen molar-refractivity contribution < 1.29 is 14.5 Å². The van der Waals surface area contributed by atoms with Crippen LogP contribution in [0.3, 0.4) is 0 Å². The summed E-state index contributed by atoms with van der Waals surface area (Å²) >= 11 is 0. The predicted octanol–water partition coefficient (Wildman–Crippen LogP) is 3.00. The summed E-state index contributed by atoms with van der Waals surface area (Å²) in [6.07, 6.45) is 13.4. The summed E-state index contributed by atoms with van der Waals surface area (Å²) in [4.78, 5) is 17.6. The minimum absolute atomic E-state index is 0. The van der Waals surface area contributed by atoms with Crippen molar-refractivity contribution in [3.63, 3.8) is 0 Å². The lowest BCUT2D eigenvalue weighted by molar-refractivity contribution is -0.687. The first-order valence-corrected chi connectivity index (χ1v) is 9.45. The van der Waals surface area contributed by atoms with E-state index in [0.717, 1.165) is 12.8 Å². The maximum Gasteiger partial charge on any atom is 0.259 e. The average Bonchev–Trinajstić information content (AvgIpc) is 2.59. The Labute approximate surface area is 164 Å². The Morgan fingerprint density at radius 1 is 1.12 bits per heavy atom. The molecular formula is C20H34ClN3O2. The van der Waals surface area contributed by atoms with Crippen LogP contribution >= 0.6 is 12.4 Å². The van der Waals surface area contributed by atoms with E-state index in [4.69, 9.17) is 0 Å². The highest BCUT2D eigenvalue weighted by atomic mass is 35.5. The van der Waals surface area contributed by atoms with E-state index in [2.05, 4.69) is 11.9 Å². The molecule has 0 bridgehead atoms. The minimum atomic E-state index is -0.137. The van der Waals surface area contributed by atoms with Gasteiger partial charge in [-0.15, -0.1) is 12.4 Å². The summed E-state index contributed by atoms with van der Waals surface area (Å²) in [7, 11) is 3.42. The molecule has 148 valence electrons. The smallest absolute Gasteiger partial charge is 0.259 e. The van der Waals surface area contributed by atoms with Gasteiger partial charge in [-0.25, -0.2) is 0 Å². The van der Waals surface area contributed by atoms with Crippen LogP contribution in [-0.4, -0.2) is 37.3 Å². The first kappa shape index (κ1) is 24.4. The lowest BCUT2D eigenvalue weighted by Gasteiger charge is -2.10. The third-order valence-corrected chi connectivity index (χ3v) is 4.13. The molecule has 0 aromatic carbocycles. The van der Waals surface area contributed by atoms with Gasteiger partial charge in [-0.3, -0.25) is 9.79 Å². The zero-order valence-electron chi connectivity index (χ0n) is 16.4. The molecule has 0 atom stereocenters. The molecule has 26 heavy (non-hydrogen) atoms. The summed E-state index contributed by atoms with van der Waals surface area (Å²) in [5, 5.41) is 12.0. The molecule has 1 aromatic heterocycles. The van der Waals surface area contributed by atoms with Crippen molar-refractivity contribution in [1.82, 2.24) is 4.90 Å². The lowest BCUT2D eigenvalue weighted by Crippen LogP contribution is -2.43. The molecule has 1 heterocycles. The van der Waals surface area contributed by atoms with E-state index in [1.54, 1.807) is 43.2 Å². The van der Waals surface area contributed by atoms with E-state index < -0.39 is 0 Å². The third-order valence-electron chi connectivity index (χ3n) is 4.13. The highest BCUT2D eigenvalue weighted by molar-refractivity contribution is 5.93. The number of unbranched alkanes of at least 4 members (excludes halogenated alkanes) is 7. The first-order valence-electron chi connectivity index (χ1n) is 9.45. The third kappa shape index (κ3) is 10.4. The maximum absolute atomic E-state index is 12.0. The highest BCUT2D eigenvalue weighted by Gasteiger charge is 2.12. The van der Waals surface area contributed by atoms with Crippen molar-refractivity contribution in [3.8, 4) is 0 Å². The molecule has 0 aliphatic carbocycles. The van der Waals surface area contributed by atoms with Crippen LogP contribution < -0.4 is 9.67 Å². The number of hydrogen-bond acceptors (Lipinski definition) is 3. The number of aromatic nitrogens is 1. The number of carbonyl (C=O) groups excluding carboxylic acids is 1. The normalized spacial score (nSPS) is 11.1. The Morgan fingerprint density at radius 2 is 1.73 bits per heavy atom. The van der Waals surface area contributed by atoms with Gasteiger partial charge in [0, 0.05) is 32.6 Å². The standard InChI is InChI=1S/C20H33N3O2.ClH/c1-4-5-6-7-8-9-10-11-14-21-19(24)17-23-15-12-13-18(16-23)20(25)22(2)3;/h12-13,15-16H,4-11,14,17H2,1-3H3;1H. The molecular weight excluding hydrogens is 350 g/mol. The summed E-state index contributed by atoms with van der Waals surface area (Å²) in [5.74, 6) is -0.208.